The molecule has 0 bridgehead atoms. The van der Waals surface area contributed by atoms with Gasteiger partial charge in [0.15, 0.2) is 0 Å². The monoisotopic (exact) mass is 151 g/mol. The molecule has 0 fully saturated rings. The number of fused-ring (bicyclic) bond motifs is 1. The highest BCUT2D eigenvalue weighted by atomic mass is 15.3. The lowest BCUT2D eigenvalue weighted by molar-refractivity contribution is 0.569. The second-order valence-electron chi connectivity index (χ2n) is 3.28. The first-order valence-electron chi connectivity index (χ1n) is 4.02. The molecule has 0 aromatic carbocycles. The highest BCUT2D eigenvalue weighted by Gasteiger charge is 2.17. The third kappa shape index (κ3) is 1.16. The Morgan fingerprint density at radius 2 is 2.55 bits per heavy atom. The van der Waals surface area contributed by atoms with E-state index in [9.17, 15) is 0 Å². The standard InChI is InChI=1S/C8H13N3/c1-11-5-6-4-7(9)2-3-8(6)10-11/h5,7H,2-4,9H2,1H3. The van der Waals surface area contributed by atoms with Crippen LogP contribution in [-0.4, -0.2) is 15.8 Å². The largest absolute Gasteiger partial charge is 0.327 e. The minimum atomic E-state index is 0.353. The van der Waals surface area contributed by atoms with Crippen molar-refractivity contribution < 1.29 is 0 Å². The van der Waals surface area contributed by atoms with Gasteiger partial charge in [0.1, 0.15) is 0 Å². The number of nitrogens with zero attached hydrogens (tertiary/aromatic N) is 2. The Hall–Kier alpha value is -0.830. The molecule has 0 radical (unpaired) electrons. The molecule has 1 aliphatic rings. The molecule has 3 nitrogen and oxygen atoms in total. The number of aromatic nitrogens is 2. The van der Waals surface area contributed by atoms with E-state index in [4.69, 9.17) is 5.73 Å². The zero-order valence-corrected chi connectivity index (χ0v) is 6.75. The van der Waals surface area contributed by atoms with Crippen molar-refractivity contribution in [3.63, 3.8) is 0 Å². The maximum atomic E-state index is 5.82. The Balaban J connectivity index is 2.34. The number of rotatable bonds is 0. The lowest BCUT2D eigenvalue weighted by Gasteiger charge is -2.15. The van der Waals surface area contributed by atoms with E-state index in [-0.39, 0.29) is 0 Å². The van der Waals surface area contributed by atoms with Gasteiger partial charge in [-0.25, -0.2) is 0 Å². The summed E-state index contributed by atoms with van der Waals surface area (Å²) in [5, 5.41) is 4.35. The molecule has 1 aromatic heterocycles. The van der Waals surface area contributed by atoms with Gasteiger partial charge >= 0.3 is 0 Å². The second-order valence-corrected chi connectivity index (χ2v) is 3.28. The zero-order valence-electron chi connectivity index (χ0n) is 6.75. The number of hydrogen-bond acceptors (Lipinski definition) is 2. The lowest BCUT2D eigenvalue weighted by Crippen LogP contribution is -2.27. The van der Waals surface area contributed by atoms with Crippen LogP contribution < -0.4 is 5.73 Å². The predicted molar refractivity (Wildman–Crippen MR) is 43.2 cm³/mol. The molecule has 1 atom stereocenters. The normalized spacial score (nSPS) is 23.3. The number of hydrogen-bond donors (Lipinski definition) is 1. The van der Waals surface area contributed by atoms with Gasteiger partial charge in [0.05, 0.1) is 5.69 Å². The molecule has 60 valence electrons. The first-order chi connectivity index (χ1) is 5.25. The molecule has 2 rings (SSSR count). The summed E-state index contributed by atoms with van der Waals surface area (Å²) in [4.78, 5) is 0. The van der Waals surface area contributed by atoms with Crippen molar-refractivity contribution in [3.8, 4) is 0 Å². The zero-order chi connectivity index (χ0) is 7.84. The molecule has 0 saturated heterocycles. The summed E-state index contributed by atoms with van der Waals surface area (Å²) in [6, 6.07) is 0.353. The molecule has 0 saturated carbocycles. The van der Waals surface area contributed by atoms with Crippen molar-refractivity contribution in [2.75, 3.05) is 0 Å². The van der Waals surface area contributed by atoms with Crippen LogP contribution in [0.15, 0.2) is 6.20 Å². The van der Waals surface area contributed by atoms with E-state index in [1.807, 2.05) is 11.7 Å². The van der Waals surface area contributed by atoms with Crippen molar-refractivity contribution in [2.45, 2.75) is 25.3 Å². The molecule has 1 unspecified atom stereocenters. The maximum absolute atomic E-state index is 5.82. The van der Waals surface area contributed by atoms with Gasteiger partial charge in [0, 0.05) is 19.3 Å². The Kier molecular flexibility index (Phi) is 1.46. The molecule has 1 aliphatic carbocycles. The summed E-state index contributed by atoms with van der Waals surface area (Å²) in [5.41, 5.74) is 8.41. The fourth-order valence-corrected chi connectivity index (χ4v) is 1.67. The Labute approximate surface area is 66.2 Å². The van der Waals surface area contributed by atoms with Crippen LogP contribution in [-0.2, 0) is 19.9 Å². The molecule has 0 aliphatic heterocycles. The summed E-state index contributed by atoms with van der Waals surface area (Å²) in [6.07, 6.45) is 5.22. The summed E-state index contributed by atoms with van der Waals surface area (Å²) in [6.45, 7) is 0. The van der Waals surface area contributed by atoms with Gasteiger partial charge < -0.3 is 5.73 Å². The van der Waals surface area contributed by atoms with E-state index in [2.05, 4.69) is 11.3 Å². The van der Waals surface area contributed by atoms with Crippen molar-refractivity contribution in [2.24, 2.45) is 12.8 Å². The minimum absolute atomic E-state index is 0.353. The van der Waals surface area contributed by atoms with Gasteiger partial charge in [-0.2, -0.15) is 5.10 Å². The first-order valence-corrected chi connectivity index (χ1v) is 4.02. The molecule has 0 amide bonds. The van der Waals surface area contributed by atoms with E-state index in [0.717, 1.165) is 19.3 Å². The van der Waals surface area contributed by atoms with Crippen LogP contribution in [0.3, 0.4) is 0 Å². The van der Waals surface area contributed by atoms with Crippen LogP contribution >= 0.6 is 0 Å². The van der Waals surface area contributed by atoms with Crippen LogP contribution in [0.4, 0.5) is 0 Å². The first kappa shape index (κ1) is 6.85. The van der Waals surface area contributed by atoms with Crippen molar-refractivity contribution in [1.82, 2.24) is 9.78 Å². The van der Waals surface area contributed by atoms with Crippen molar-refractivity contribution in [1.29, 1.82) is 0 Å². The van der Waals surface area contributed by atoms with Gasteiger partial charge in [0.25, 0.3) is 0 Å². The van der Waals surface area contributed by atoms with Crippen LogP contribution in [0.1, 0.15) is 17.7 Å². The summed E-state index contributed by atoms with van der Waals surface area (Å²) >= 11 is 0. The van der Waals surface area contributed by atoms with Crippen molar-refractivity contribution in [3.05, 3.63) is 17.5 Å². The minimum Gasteiger partial charge on any atom is -0.327 e. The van der Waals surface area contributed by atoms with Crippen LogP contribution in [0.25, 0.3) is 0 Å². The van der Waals surface area contributed by atoms with Crippen LogP contribution in [0, 0.1) is 0 Å². The molecule has 11 heavy (non-hydrogen) atoms. The van der Waals surface area contributed by atoms with E-state index < -0.39 is 0 Å². The average molecular weight is 151 g/mol. The summed E-state index contributed by atoms with van der Waals surface area (Å²) < 4.78 is 1.88. The third-order valence-electron chi connectivity index (χ3n) is 2.23. The third-order valence-corrected chi connectivity index (χ3v) is 2.23. The average Bonchev–Trinajstić information content (AvgIpc) is 2.27. The fourth-order valence-electron chi connectivity index (χ4n) is 1.67. The van der Waals surface area contributed by atoms with Gasteiger partial charge in [-0.15, -0.1) is 0 Å². The van der Waals surface area contributed by atoms with Crippen LogP contribution in [0.5, 0.6) is 0 Å². The Bertz CT molecular complexity index is 264. The summed E-state index contributed by atoms with van der Waals surface area (Å²) in [7, 11) is 1.96. The van der Waals surface area contributed by atoms with Gasteiger partial charge in [-0.05, 0) is 24.8 Å². The van der Waals surface area contributed by atoms with E-state index in [1.54, 1.807) is 0 Å². The van der Waals surface area contributed by atoms with E-state index in [1.165, 1.54) is 11.3 Å². The van der Waals surface area contributed by atoms with Gasteiger partial charge in [-0.3, -0.25) is 4.68 Å². The highest BCUT2D eigenvalue weighted by Crippen LogP contribution is 2.17. The van der Waals surface area contributed by atoms with E-state index >= 15 is 0 Å². The molecular formula is C8H13N3. The molecule has 2 N–H and O–H groups in total. The topological polar surface area (TPSA) is 43.8 Å². The molecule has 3 heteroatoms. The predicted octanol–water partition coefficient (Wildman–Crippen LogP) is 0.236. The van der Waals surface area contributed by atoms with Crippen LogP contribution in [0.2, 0.25) is 0 Å². The van der Waals surface area contributed by atoms with Gasteiger partial charge in [0.2, 0.25) is 0 Å². The molecule has 0 spiro atoms. The Morgan fingerprint density at radius 1 is 1.73 bits per heavy atom. The van der Waals surface area contributed by atoms with Gasteiger partial charge in [-0.1, -0.05) is 0 Å². The SMILES string of the molecule is Cn1cc2c(n1)CCC(N)C2. The number of aryl methyl sites for hydroxylation is 2. The summed E-state index contributed by atoms with van der Waals surface area (Å²) in [5.74, 6) is 0. The maximum Gasteiger partial charge on any atom is 0.0657 e. The quantitative estimate of drug-likeness (QED) is 0.577. The Morgan fingerprint density at radius 3 is 3.36 bits per heavy atom. The van der Waals surface area contributed by atoms with E-state index in [0.29, 0.717) is 6.04 Å². The van der Waals surface area contributed by atoms with Crippen molar-refractivity contribution >= 4 is 0 Å². The fraction of sp³-hybridized carbons (Fsp3) is 0.625. The second kappa shape index (κ2) is 2.34. The lowest BCUT2D eigenvalue weighted by atomic mass is 9.94. The smallest absolute Gasteiger partial charge is 0.0657 e. The molecule has 1 heterocycles. The molecular weight excluding hydrogens is 138 g/mol. The highest BCUT2D eigenvalue weighted by molar-refractivity contribution is 5.21. The molecule has 1 aromatic rings. The number of nitrogens with two attached hydrogens (primary N) is 1.